The smallest absolute Gasteiger partial charge is 0.250 e. The maximum atomic E-state index is 11.5. The predicted octanol–water partition coefficient (Wildman–Crippen LogP) is 1.64. The highest BCUT2D eigenvalue weighted by Crippen LogP contribution is 2.26. The van der Waals surface area contributed by atoms with Crippen molar-refractivity contribution in [2.75, 3.05) is 24.8 Å². The number of nitrogens with two attached hydrogens (primary N) is 1. The lowest BCUT2D eigenvalue weighted by molar-refractivity contribution is -0.121. The molecular weight excluding hydrogens is 220 g/mol. The van der Waals surface area contributed by atoms with E-state index in [1.807, 2.05) is 13.8 Å². The Labute approximate surface area is 101 Å². The molecule has 0 aromatic heterocycles. The van der Waals surface area contributed by atoms with E-state index in [2.05, 4.69) is 5.32 Å². The number of anilines is 2. The van der Waals surface area contributed by atoms with Crippen molar-refractivity contribution in [3.8, 4) is 5.75 Å². The number of amides is 1. The van der Waals surface area contributed by atoms with E-state index < -0.39 is 0 Å². The molecule has 0 saturated carbocycles. The predicted molar refractivity (Wildman–Crippen MR) is 67.1 cm³/mol. The van der Waals surface area contributed by atoms with Gasteiger partial charge >= 0.3 is 0 Å². The summed E-state index contributed by atoms with van der Waals surface area (Å²) in [5.41, 5.74) is 6.78. The SMILES string of the molecule is COc1cc(N)ccc1NC(=O)COC(C)C. The molecule has 0 bridgehead atoms. The first-order valence-corrected chi connectivity index (χ1v) is 5.38. The van der Waals surface area contributed by atoms with E-state index >= 15 is 0 Å². The van der Waals surface area contributed by atoms with Gasteiger partial charge in [-0.15, -0.1) is 0 Å². The average molecular weight is 238 g/mol. The van der Waals surface area contributed by atoms with E-state index in [0.29, 0.717) is 17.1 Å². The molecule has 0 unspecified atom stereocenters. The molecule has 0 atom stereocenters. The van der Waals surface area contributed by atoms with Crippen LogP contribution < -0.4 is 15.8 Å². The number of benzene rings is 1. The van der Waals surface area contributed by atoms with Gasteiger partial charge in [0.15, 0.2) is 0 Å². The lowest BCUT2D eigenvalue weighted by atomic mass is 10.2. The van der Waals surface area contributed by atoms with Crippen LogP contribution >= 0.6 is 0 Å². The van der Waals surface area contributed by atoms with Crippen molar-refractivity contribution >= 4 is 17.3 Å². The molecule has 1 aromatic carbocycles. The zero-order chi connectivity index (χ0) is 12.8. The van der Waals surface area contributed by atoms with Crippen LogP contribution in [0.4, 0.5) is 11.4 Å². The summed E-state index contributed by atoms with van der Waals surface area (Å²) >= 11 is 0. The van der Waals surface area contributed by atoms with Crippen LogP contribution in [-0.2, 0) is 9.53 Å². The van der Waals surface area contributed by atoms with Crippen LogP contribution in [0.15, 0.2) is 18.2 Å². The summed E-state index contributed by atoms with van der Waals surface area (Å²) in [5.74, 6) is 0.310. The maximum absolute atomic E-state index is 11.5. The van der Waals surface area contributed by atoms with Gasteiger partial charge in [0, 0.05) is 11.8 Å². The largest absolute Gasteiger partial charge is 0.494 e. The molecule has 0 spiro atoms. The Balaban J connectivity index is 2.64. The maximum Gasteiger partial charge on any atom is 0.250 e. The fourth-order valence-electron chi connectivity index (χ4n) is 1.24. The van der Waals surface area contributed by atoms with Crippen LogP contribution in [0.2, 0.25) is 0 Å². The van der Waals surface area contributed by atoms with Gasteiger partial charge < -0.3 is 20.5 Å². The zero-order valence-electron chi connectivity index (χ0n) is 10.3. The van der Waals surface area contributed by atoms with Crippen molar-refractivity contribution in [3.05, 3.63) is 18.2 Å². The van der Waals surface area contributed by atoms with Gasteiger partial charge in [-0.05, 0) is 26.0 Å². The number of nitrogens with one attached hydrogen (secondary N) is 1. The minimum Gasteiger partial charge on any atom is -0.494 e. The van der Waals surface area contributed by atoms with E-state index in [4.69, 9.17) is 15.2 Å². The van der Waals surface area contributed by atoms with Gasteiger partial charge in [-0.25, -0.2) is 0 Å². The number of nitrogen functional groups attached to an aromatic ring is 1. The third-order valence-electron chi connectivity index (χ3n) is 2.05. The molecular formula is C12H18N2O3. The Morgan fingerprint density at radius 2 is 2.18 bits per heavy atom. The van der Waals surface area contributed by atoms with Gasteiger partial charge in [-0.2, -0.15) is 0 Å². The zero-order valence-corrected chi connectivity index (χ0v) is 10.3. The van der Waals surface area contributed by atoms with Gasteiger partial charge in [0.2, 0.25) is 5.91 Å². The van der Waals surface area contributed by atoms with E-state index in [1.165, 1.54) is 7.11 Å². The van der Waals surface area contributed by atoms with Gasteiger partial charge in [-0.1, -0.05) is 0 Å². The molecule has 94 valence electrons. The summed E-state index contributed by atoms with van der Waals surface area (Å²) in [6, 6.07) is 5.04. The Hall–Kier alpha value is -1.75. The van der Waals surface area contributed by atoms with Gasteiger partial charge in [0.1, 0.15) is 12.4 Å². The summed E-state index contributed by atoms with van der Waals surface area (Å²) in [6.45, 7) is 3.76. The molecule has 0 radical (unpaired) electrons. The van der Waals surface area contributed by atoms with Crippen molar-refractivity contribution in [2.24, 2.45) is 0 Å². The minimum atomic E-state index is -0.221. The van der Waals surface area contributed by atoms with E-state index in [1.54, 1.807) is 18.2 Å². The molecule has 1 rings (SSSR count). The lowest BCUT2D eigenvalue weighted by Crippen LogP contribution is -2.21. The number of ether oxygens (including phenoxy) is 2. The van der Waals surface area contributed by atoms with Crippen LogP contribution in [0.25, 0.3) is 0 Å². The molecule has 1 aromatic rings. The van der Waals surface area contributed by atoms with E-state index in [9.17, 15) is 4.79 Å². The van der Waals surface area contributed by atoms with Crippen molar-refractivity contribution in [3.63, 3.8) is 0 Å². The highest BCUT2D eigenvalue weighted by atomic mass is 16.5. The molecule has 0 fully saturated rings. The van der Waals surface area contributed by atoms with Gasteiger partial charge in [0.05, 0.1) is 18.9 Å². The Kier molecular flexibility index (Phi) is 4.78. The fraction of sp³-hybridized carbons (Fsp3) is 0.417. The second kappa shape index (κ2) is 6.10. The topological polar surface area (TPSA) is 73.6 Å². The lowest BCUT2D eigenvalue weighted by Gasteiger charge is -2.11. The molecule has 0 aliphatic heterocycles. The highest BCUT2D eigenvalue weighted by Gasteiger charge is 2.08. The Bertz CT molecular complexity index is 391. The molecule has 0 aliphatic carbocycles. The monoisotopic (exact) mass is 238 g/mol. The van der Waals surface area contributed by atoms with Crippen LogP contribution in [0.1, 0.15) is 13.8 Å². The molecule has 5 heteroatoms. The Morgan fingerprint density at radius 1 is 1.47 bits per heavy atom. The van der Waals surface area contributed by atoms with Crippen molar-refractivity contribution in [2.45, 2.75) is 20.0 Å². The first-order chi connectivity index (χ1) is 8.02. The molecule has 5 nitrogen and oxygen atoms in total. The quantitative estimate of drug-likeness (QED) is 0.765. The molecule has 0 heterocycles. The first-order valence-electron chi connectivity index (χ1n) is 5.38. The molecule has 17 heavy (non-hydrogen) atoms. The summed E-state index contributed by atoms with van der Waals surface area (Å²) in [6.07, 6.45) is 0.0223. The average Bonchev–Trinajstić information content (AvgIpc) is 2.28. The number of methoxy groups -OCH3 is 1. The molecule has 0 aliphatic rings. The van der Waals surface area contributed by atoms with Gasteiger partial charge in [0.25, 0.3) is 0 Å². The molecule has 1 amide bonds. The number of rotatable bonds is 5. The summed E-state index contributed by atoms with van der Waals surface area (Å²) in [5, 5.41) is 2.70. The van der Waals surface area contributed by atoms with Crippen molar-refractivity contribution < 1.29 is 14.3 Å². The van der Waals surface area contributed by atoms with Crippen LogP contribution in [0.3, 0.4) is 0 Å². The Morgan fingerprint density at radius 3 is 2.76 bits per heavy atom. The van der Waals surface area contributed by atoms with Crippen LogP contribution in [-0.4, -0.2) is 25.7 Å². The second-order valence-corrected chi connectivity index (χ2v) is 3.87. The number of carbonyl (C=O) groups is 1. The highest BCUT2D eigenvalue weighted by molar-refractivity contribution is 5.93. The van der Waals surface area contributed by atoms with E-state index in [-0.39, 0.29) is 18.6 Å². The third kappa shape index (κ3) is 4.32. The number of carbonyl (C=O) groups excluding carboxylic acids is 1. The minimum absolute atomic E-state index is 0.0190. The standard InChI is InChI=1S/C12H18N2O3/c1-8(2)17-7-12(15)14-10-5-4-9(13)6-11(10)16-3/h4-6,8H,7,13H2,1-3H3,(H,14,15). The molecule has 3 N–H and O–H groups in total. The van der Waals surface area contributed by atoms with Crippen molar-refractivity contribution in [1.29, 1.82) is 0 Å². The van der Waals surface area contributed by atoms with Gasteiger partial charge in [-0.3, -0.25) is 4.79 Å². The summed E-state index contributed by atoms with van der Waals surface area (Å²) < 4.78 is 10.3. The summed E-state index contributed by atoms with van der Waals surface area (Å²) in [4.78, 5) is 11.5. The van der Waals surface area contributed by atoms with E-state index in [0.717, 1.165) is 0 Å². The van der Waals surface area contributed by atoms with Crippen LogP contribution in [0.5, 0.6) is 5.75 Å². The molecule has 0 saturated heterocycles. The van der Waals surface area contributed by atoms with Crippen molar-refractivity contribution in [1.82, 2.24) is 0 Å². The number of hydrogen-bond acceptors (Lipinski definition) is 4. The first kappa shape index (κ1) is 13.3. The van der Waals surface area contributed by atoms with Crippen LogP contribution in [0, 0.1) is 0 Å². The second-order valence-electron chi connectivity index (χ2n) is 3.87. The number of hydrogen-bond donors (Lipinski definition) is 2. The summed E-state index contributed by atoms with van der Waals surface area (Å²) in [7, 11) is 1.52. The third-order valence-corrected chi connectivity index (χ3v) is 2.05. The normalized spacial score (nSPS) is 10.4. The fourth-order valence-corrected chi connectivity index (χ4v) is 1.24.